The minimum atomic E-state index is -5.02. The number of hydrogen-bond acceptors (Lipinski definition) is 4. The molecule has 0 spiro atoms. The van der Waals surface area contributed by atoms with Crippen molar-refractivity contribution in [1.82, 2.24) is 9.88 Å². The molecule has 0 radical (unpaired) electrons. The van der Waals surface area contributed by atoms with E-state index < -0.39 is 40.4 Å². The van der Waals surface area contributed by atoms with Crippen LogP contribution in [0.4, 0.5) is 37.8 Å². The van der Waals surface area contributed by atoms with E-state index in [0.717, 1.165) is 31.1 Å². The lowest BCUT2D eigenvalue weighted by Crippen LogP contribution is -2.45. The monoisotopic (exact) mass is 522 g/mol. The number of amides is 1. The second-order valence-corrected chi connectivity index (χ2v) is 9.48. The van der Waals surface area contributed by atoms with Gasteiger partial charge in [-0.2, -0.15) is 26.3 Å². The third-order valence-corrected chi connectivity index (χ3v) is 6.46. The number of alkyl halides is 6. The number of carbonyl (C=O) groups is 1. The third-order valence-electron chi connectivity index (χ3n) is 6.16. The molecular weight excluding hydrogens is 498 g/mol. The molecule has 1 amide bonds. The molecule has 0 N–H and O–H groups in total. The summed E-state index contributed by atoms with van der Waals surface area (Å²) in [7, 11) is 3.35. The van der Waals surface area contributed by atoms with Gasteiger partial charge in [0.1, 0.15) is 5.82 Å². The molecule has 1 aliphatic heterocycles. The van der Waals surface area contributed by atoms with E-state index in [1.54, 1.807) is 6.07 Å². The van der Waals surface area contributed by atoms with Crippen LogP contribution in [0.15, 0.2) is 30.5 Å². The highest BCUT2D eigenvalue weighted by molar-refractivity contribution is 6.34. The van der Waals surface area contributed by atoms with Gasteiger partial charge in [-0.3, -0.25) is 4.79 Å². The van der Waals surface area contributed by atoms with Crippen molar-refractivity contribution in [2.75, 3.05) is 50.1 Å². The van der Waals surface area contributed by atoms with Gasteiger partial charge >= 0.3 is 12.4 Å². The number of nitrogens with zero attached hydrogens (tertiary/aromatic N) is 4. The van der Waals surface area contributed by atoms with Gasteiger partial charge in [0.2, 0.25) is 5.91 Å². The van der Waals surface area contributed by atoms with Gasteiger partial charge in [0.15, 0.2) is 0 Å². The van der Waals surface area contributed by atoms with Crippen molar-refractivity contribution in [2.45, 2.75) is 31.6 Å². The van der Waals surface area contributed by atoms with Gasteiger partial charge in [0, 0.05) is 39.3 Å². The number of likely N-dealkylation sites (N-methyl/N-ethyl adjacent to an activating group) is 2. The average molecular weight is 523 g/mol. The Kier molecular flexibility index (Phi) is 7.34. The highest BCUT2D eigenvalue weighted by atomic mass is 35.5. The summed E-state index contributed by atoms with van der Waals surface area (Å²) in [4.78, 5) is 23.0. The van der Waals surface area contributed by atoms with E-state index >= 15 is 0 Å². The van der Waals surface area contributed by atoms with E-state index in [1.807, 2.05) is 11.9 Å². The Labute approximate surface area is 204 Å². The van der Waals surface area contributed by atoms with E-state index in [4.69, 9.17) is 11.6 Å². The highest BCUT2D eigenvalue weighted by Crippen LogP contribution is 2.40. The molecule has 1 aromatic carbocycles. The predicted molar refractivity (Wildman–Crippen MR) is 122 cm³/mol. The standard InChI is InChI=1S/C23H25ClF6N4O/c1-21(2,14-9-15(22(25,26)27)11-16(10-14)23(28,29)30)20(35)33(4)18-13-31-19(12-17(18)24)34-7-5-32(3)6-8-34/h9-13H,5-8H2,1-4H3. The van der Waals surface area contributed by atoms with Gasteiger partial charge in [-0.1, -0.05) is 11.6 Å². The number of halogens is 7. The molecule has 5 nitrogen and oxygen atoms in total. The van der Waals surface area contributed by atoms with Gasteiger partial charge < -0.3 is 14.7 Å². The number of hydrogen-bond donors (Lipinski definition) is 0. The first-order valence-corrected chi connectivity index (χ1v) is 11.1. The number of piperazine rings is 1. The lowest BCUT2D eigenvalue weighted by molar-refractivity contribution is -0.143. The summed E-state index contributed by atoms with van der Waals surface area (Å²) in [5.41, 5.74) is -4.94. The number of pyridine rings is 1. The minimum Gasteiger partial charge on any atom is -0.354 e. The number of anilines is 2. The Morgan fingerprint density at radius 1 is 0.914 bits per heavy atom. The molecule has 192 valence electrons. The zero-order chi connectivity index (χ0) is 26.3. The molecule has 0 bridgehead atoms. The molecule has 1 saturated heterocycles. The van der Waals surface area contributed by atoms with Crippen molar-refractivity contribution in [3.63, 3.8) is 0 Å². The van der Waals surface area contributed by atoms with E-state index in [0.29, 0.717) is 18.0 Å². The van der Waals surface area contributed by atoms with E-state index in [-0.39, 0.29) is 16.8 Å². The molecule has 12 heteroatoms. The van der Waals surface area contributed by atoms with Gasteiger partial charge in [0.05, 0.1) is 33.4 Å². The number of rotatable bonds is 4. The second kappa shape index (κ2) is 9.50. The Morgan fingerprint density at radius 3 is 1.86 bits per heavy atom. The second-order valence-electron chi connectivity index (χ2n) is 9.07. The Hall–Kier alpha value is -2.53. The third kappa shape index (κ3) is 5.83. The van der Waals surface area contributed by atoms with E-state index in [1.165, 1.54) is 27.1 Å². The van der Waals surface area contributed by atoms with Crippen molar-refractivity contribution >= 4 is 29.0 Å². The first-order valence-electron chi connectivity index (χ1n) is 10.7. The van der Waals surface area contributed by atoms with E-state index in [9.17, 15) is 31.1 Å². The highest BCUT2D eigenvalue weighted by Gasteiger charge is 2.41. The van der Waals surface area contributed by atoms with Gasteiger partial charge in [-0.15, -0.1) is 0 Å². The number of aromatic nitrogens is 1. The fourth-order valence-corrected chi connectivity index (χ4v) is 4.11. The molecule has 1 fully saturated rings. The number of carbonyl (C=O) groups excluding carboxylic acids is 1. The SMILES string of the molecule is CN1CCN(c2cc(Cl)c(N(C)C(=O)C(C)(C)c3cc(C(F)(F)F)cc(C(F)(F)F)c3)cn2)CC1. The fraction of sp³-hybridized carbons (Fsp3) is 0.478. The van der Waals surface area contributed by atoms with Crippen LogP contribution in [0.2, 0.25) is 5.02 Å². The molecule has 1 aliphatic rings. The van der Waals surface area contributed by atoms with Crippen LogP contribution >= 0.6 is 11.6 Å². The molecule has 0 aliphatic carbocycles. The van der Waals surface area contributed by atoms with Crippen LogP contribution in [0, 0.1) is 0 Å². The fourth-order valence-electron chi connectivity index (χ4n) is 3.84. The lowest BCUT2D eigenvalue weighted by atomic mass is 9.81. The molecular formula is C23H25ClF6N4O. The molecule has 1 aromatic heterocycles. The maximum absolute atomic E-state index is 13.3. The van der Waals surface area contributed by atoms with Gasteiger partial charge in [-0.05, 0) is 44.7 Å². The van der Waals surface area contributed by atoms with Crippen molar-refractivity contribution < 1.29 is 31.1 Å². The van der Waals surface area contributed by atoms with Crippen molar-refractivity contribution in [1.29, 1.82) is 0 Å². The lowest BCUT2D eigenvalue weighted by Gasteiger charge is -2.34. The Morgan fingerprint density at radius 2 is 1.40 bits per heavy atom. The molecule has 2 aromatic rings. The minimum absolute atomic E-state index is 0.0334. The Bertz CT molecular complexity index is 1060. The van der Waals surface area contributed by atoms with Crippen LogP contribution in [0.3, 0.4) is 0 Å². The zero-order valence-electron chi connectivity index (χ0n) is 19.6. The van der Waals surface area contributed by atoms with Crippen molar-refractivity contribution in [3.05, 3.63) is 52.2 Å². The summed E-state index contributed by atoms with van der Waals surface area (Å²) in [6.45, 7) is 5.67. The molecule has 0 atom stereocenters. The van der Waals surface area contributed by atoms with Crippen molar-refractivity contribution in [2.24, 2.45) is 0 Å². The summed E-state index contributed by atoms with van der Waals surface area (Å²) < 4.78 is 79.9. The number of benzene rings is 1. The topological polar surface area (TPSA) is 39.7 Å². The summed E-state index contributed by atoms with van der Waals surface area (Å²) in [6.07, 6.45) is -8.67. The maximum atomic E-state index is 13.3. The molecule has 0 saturated carbocycles. The van der Waals surface area contributed by atoms with Crippen LogP contribution < -0.4 is 9.80 Å². The summed E-state index contributed by atoms with van der Waals surface area (Å²) >= 11 is 6.41. The molecule has 3 rings (SSSR count). The van der Waals surface area contributed by atoms with Crippen LogP contribution in [0.25, 0.3) is 0 Å². The molecule has 0 unspecified atom stereocenters. The van der Waals surface area contributed by atoms with Crippen LogP contribution in [-0.4, -0.2) is 56.1 Å². The van der Waals surface area contributed by atoms with Crippen molar-refractivity contribution in [3.8, 4) is 0 Å². The largest absolute Gasteiger partial charge is 0.416 e. The van der Waals surface area contributed by atoms with E-state index in [2.05, 4.69) is 9.88 Å². The molecule has 2 heterocycles. The van der Waals surface area contributed by atoms with Gasteiger partial charge in [0.25, 0.3) is 0 Å². The molecule has 35 heavy (non-hydrogen) atoms. The quantitative estimate of drug-likeness (QED) is 0.500. The summed E-state index contributed by atoms with van der Waals surface area (Å²) in [5, 5.41) is 0.181. The summed E-state index contributed by atoms with van der Waals surface area (Å²) in [5.74, 6) is -0.138. The normalized spacial score (nSPS) is 15.9. The summed E-state index contributed by atoms with van der Waals surface area (Å²) in [6, 6.07) is 2.76. The first-order chi connectivity index (χ1) is 16.0. The maximum Gasteiger partial charge on any atom is 0.416 e. The smallest absolute Gasteiger partial charge is 0.354 e. The van der Waals surface area contributed by atoms with Crippen LogP contribution in [-0.2, 0) is 22.6 Å². The van der Waals surface area contributed by atoms with Crippen LogP contribution in [0.5, 0.6) is 0 Å². The predicted octanol–water partition coefficient (Wildman–Crippen LogP) is 5.47. The average Bonchev–Trinajstić information content (AvgIpc) is 2.77. The van der Waals surface area contributed by atoms with Crippen LogP contribution in [0.1, 0.15) is 30.5 Å². The Balaban J connectivity index is 1.93. The first kappa shape index (κ1) is 27.1. The van der Waals surface area contributed by atoms with Gasteiger partial charge in [-0.25, -0.2) is 4.98 Å². The zero-order valence-corrected chi connectivity index (χ0v) is 20.3.